The lowest BCUT2D eigenvalue weighted by molar-refractivity contribution is -0.146. The Labute approximate surface area is 364 Å². The summed E-state index contributed by atoms with van der Waals surface area (Å²) in [4.78, 5) is 45.7. The first-order valence-corrected chi connectivity index (χ1v) is 23.2. The lowest BCUT2D eigenvalue weighted by Gasteiger charge is -2.47. The van der Waals surface area contributed by atoms with Crippen molar-refractivity contribution in [3.63, 3.8) is 0 Å². The maximum Gasteiger partial charge on any atom is 0.244 e. The summed E-state index contributed by atoms with van der Waals surface area (Å²) in [6.45, 7) is 10.4. The molecule has 2 bridgehead atoms. The molecule has 7 aliphatic heterocycles. The molecule has 16 nitrogen and oxygen atoms in total. The summed E-state index contributed by atoms with van der Waals surface area (Å²) in [5, 5.41) is 38.4. The van der Waals surface area contributed by atoms with Crippen molar-refractivity contribution in [2.24, 2.45) is 18.9 Å². The van der Waals surface area contributed by atoms with Gasteiger partial charge in [-0.15, -0.1) is 0 Å². The highest BCUT2D eigenvalue weighted by Crippen LogP contribution is 2.36. The Hall–Kier alpha value is -4.58. The minimum Gasteiger partial charge on any atom is -0.389 e. The number of hydrogen-bond acceptors (Lipinski definition) is 13. The molecule has 10 rings (SSSR count). The van der Waals surface area contributed by atoms with Crippen LogP contribution in [0.1, 0.15) is 76.3 Å². The van der Waals surface area contributed by atoms with Crippen LogP contribution >= 0.6 is 0 Å². The normalized spacial score (nSPS) is 32.3. The molecule has 7 atom stereocenters. The Morgan fingerprint density at radius 1 is 0.887 bits per heavy atom. The molecule has 0 saturated carbocycles. The number of aryl methyl sites for hydroxylation is 1. The van der Waals surface area contributed by atoms with E-state index in [1.54, 1.807) is 0 Å². The second-order valence-corrected chi connectivity index (χ2v) is 19.0. The largest absolute Gasteiger partial charge is 0.389 e. The zero-order chi connectivity index (χ0) is 42.5. The number of nitrogens with one attached hydrogen (secondary N) is 5. The van der Waals surface area contributed by atoms with Gasteiger partial charge in [0.25, 0.3) is 0 Å². The number of fused-ring (bicyclic) bond motifs is 7. The molecule has 62 heavy (non-hydrogen) atoms. The van der Waals surface area contributed by atoms with Crippen molar-refractivity contribution in [3.05, 3.63) is 60.3 Å². The second-order valence-electron chi connectivity index (χ2n) is 19.0. The SMILES string of the molecule is Cn1nc(C2CCC(=O)NC2=O)c2ccc(N3CCC(CN4CCN(c5ccc(NC6NCC7C(=O)N8C/C=C\CCC(C)(O)C9CCCC(N9)N8C7N6)cc5)CC4)CC3)cc21. The lowest BCUT2D eigenvalue weighted by atomic mass is 9.85. The first kappa shape index (κ1) is 41.4. The number of hydrogen-bond donors (Lipinski definition) is 6. The molecule has 332 valence electrons. The number of imide groups is 1. The molecule has 0 spiro atoms. The number of rotatable bonds is 7. The van der Waals surface area contributed by atoms with E-state index in [-0.39, 0.29) is 48.3 Å². The summed E-state index contributed by atoms with van der Waals surface area (Å²) in [5.74, 6) is -0.221. The first-order valence-electron chi connectivity index (χ1n) is 23.2. The smallest absolute Gasteiger partial charge is 0.244 e. The average Bonchev–Trinajstić information content (AvgIpc) is 3.75. The van der Waals surface area contributed by atoms with E-state index in [1.807, 2.05) is 23.7 Å². The standard InChI is InChI=1S/C46H64N12O4/c1-46(62)19-4-3-5-20-57-44(61)36-28-47-45(51-42(36)58(57)39-8-6-7-38(46)49-39)48-31-9-11-32(12-10-31)56-25-23-54(24-26-56)29-30-17-21-55(22-18-30)33-13-14-34-37(27-33)53(2)52-41(34)35-15-16-40(59)50-43(35)60/h3,5,9-14,27,30,35-36,38-39,42,45,47-49,51,62H,4,6-8,15-26,28-29H2,1-2H3,(H,50,59,60)/b5-3-. The first-order chi connectivity index (χ1) is 30.1. The minimum atomic E-state index is -0.803. The van der Waals surface area contributed by atoms with Gasteiger partial charge in [0, 0.05) is 94.3 Å². The fraction of sp³-hybridized carbons (Fsp3) is 0.609. The van der Waals surface area contributed by atoms with Crippen LogP contribution in [0.3, 0.4) is 0 Å². The van der Waals surface area contributed by atoms with Gasteiger partial charge in [0.2, 0.25) is 17.7 Å². The molecule has 6 N–H and O–H groups in total. The zero-order valence-corrected chi connectivity index (χ0v) is 36.3. The molecule has 3 aromatic rings. The lowest BCUT2D eigenvalue weighted by Crippen LogP contribution is -2.69. The summed E-state index contributed by atoms with van der Waals surface area (Å²) in [6.07, 6.45) is 11.3. The number of benzene rings is 2. The van der Waals surface area contributed by atoms with Crippen LogP contribution in [0.4, 0.5) is 17.1 Å². The van der Waals surface area contributed by atoms with Crippen molar-refractivity contribution in [2.75, 3.05) is 74.0 Å². The topological polar surface area (TPSA) is 166 Å². The van der Waals surface area contributed by atoms with Crippen LogP contribution < -0.4 is 36.4 Å². The number of aliphatic hydroxyl groups is 1. The van der Waals surface area contributed by atoms with Gasteiger partial charge >= 0.3 is 0 Å². The number of carbonyl (C=O) groups is 3. The molecule has 6 saturated heterocycles. The number of carbonyl (C=O) groups excluding carboxylic acids is 3. The molecule has 8 heterocycles. The average molecular weight is 849 g/mol. The zero-order valence-electron chi connectivity index (χ0n) is 36.3. The molecule has 7 aliphatic rings. The van der Waals surface area contributed by atoms with Gasteiger partial charge in [0.1, 0.15) is 6.29 Å². The highest BCUT2D eigenvalue weighted by Gasteiger charge is 2.53. The third-order valence-corrected chi connectivity index (χ3v) is 14.9. The molecule has 3 amide bonds. The third kappa shape index (κ3) is 8.21. The van der Waals surface area contributed by atoms with Gasteiger partial charge < -0.3 is 20.2 Å². The van der Waals surface area contributed by atoms with E-state index >= 15 is 0 Å². The Balaban J connectivity index is 0.696. The molecular formula is C46H64N12O4. The summed E-state index contributed by atoms with van der Waals surface area (Å²) < 4.78 is 1.87. The summed E-state index contributed by atoms with van der Waals surface area (Å²) in [6, 6.07) is 15.2. The number of allylic oxidation sites excluding steroid dienone is 1. The number of hydrazine groups is 1. The highest BCUT2D eigenvalue weighted by atomic mass is 16.3. The number of piperazine rings is 1. The Morgan fingerprint density at radius 2 is 1.66 bits per heavy atom. The van der Waals surface area contributed by atoms with E-state index < -0.39 is 11.5 Å². The van der Waals surface area contributed by atoms with Gasteiger partial charge in [0.05, 0.1) is 47.5 Å². The Morgan fingerprint density at radius 3 is 2.45 bits per heavy atom. The molecule has 7 unspecified atom stereocenters. The van der Waals surface area contributed by atoms with Crippen LogP contribution in [0.2, 0.25) is 0 Å². The van der Waals surface area contributed by atoms with Crippen LogP contribution in [-0.4, -0.2) is 137 Å². The molecule has 0 radical (unpaired) electrons. The van der Waals surface area contributed by atoms with Crippen LogP contribution in [0, 0.1) is 11.8 Å². The van der Waals surface area contributed by atoms with Crippen molar-refractivity contribution >= 4 is 45.7 Å². The number of amides is 3. The summed E-state index contributed by atoms with van der Waals surface area (Å²) >= 11 is 0. The van der Waals surface area contributed by atoms with E-state index in [0.29, 0.717) is 38.3 Å². The number of piperidine rings is 3. The number of aromatic nitrogens is 2. The van der Waals surface area contributed by atoms with Crippen molar-refractivity contribution < 1.29 is 19.5 Å². The third-order valence-electron chi connectivity index (χ3n) is 14.9. The van der Waals surface area contributed by atoms with Crippen LogP contribution in [0.15, 0.2) is 54.6 Å². The maximum atomic E-state index is 13.8. The van der Waals surface area contributed by atoms with Crippen molar-refractivity contribution in [2.45, 2.75) is 101 Å². The van der Waals surface area contributed by atoms with E-state index in [1.165, 1.54) is 11.4 Å². The van der Waals surface area contributed by atoms with E-state index in [9.17, 15) is 19.5 Å². The predicted molar refractivity (Wildman–Crippen MR) is 239 cm³/mol. The van der Waals surface area contributed by atoms with Crippen molar-refractivity contribution in [1.29, 1.82) is 0 Å². The predicted octanol–water partition coefficient (Wildman–Crippen LogP) is 2.59. The maximum absolute atomic E-state index is 13.8. The Bertz CT molecular complexity index is 2160. The van der Waals surface area contributed by atoms with Crippen LogP contribution in [0.25, 0.3) is 10.9 Å². The summed E-state index contributed by atoms with van der Waals surface area (Å²) in [7, 11) is 1.93. The van der Waals surface area contributed by atoms with Crippen LogP contribution in [-0.2, 0) is 21.4 Å². The molecular weight excluding hydrogens is 785 g/mol. The molecule has 6 fully saturated rings. The monoisotopic (exact) mass is 849 g/mol. The van der Waals surface area contributed by atoms with Crippen LogP contribution in [0.5, 0.6) is 0 Å². The van der Waals surface area contributed by atoms with Gasteiger partial charge in [0.15, 0.2) is 0 Å². The van der Waals surface area contributed by atoms with Crippen molar-refractivity contribution in [3.8, 4) is 0 Å². The van der Waals surface area contributed by atoms with E-state index in [4.69, 9.17) is 5.10 Å². The molecule has 1 aromatic heterocycles. The summed E-state index contributed by atoms with van der Waals surface area (Å²) in [5.41, 5.74) is 4.43. The van der Waals surface area contributed by atoms with Gasteiger partial charge in [-0.1, -0.05) is 12.2 Å². The quantitative estimate of drug-likeness (QED) is 0.152. The number of anilines is 3. The van der Waals surface area contributed by atoms with Gasteiger partial charge in [-0.25, -0.2) is 0 Å². The fourth-order valence-electron chi connectivity index (χ4n) is 11.3. The van der Waals surface area contributed by atoms with E-state index in [2.05, 4.69) is 101 Å². The highest BCUT2D eigenvalue weighted by molar-refractivity contribution is 6.02. The second kappa shape index (κ2) is 17.2. The van der Waals surface area contributed by atoms with Gasteiger partial charge in [-0.05, 0) is 107 Å². The fourth-order valence-corrected chi connectivity index (χ4v) is 11.3. The van der Waals surface area contributed by atoms with Gasteiger partial charge in [-0.3, -0.25) is 50.2 Å². The molecule has 2 aromatic carbocycles. The molecule has 0 aliphatic carbocycles. The Kier molecular flexibility index (Phi) is 11.5. The minimum absolute atomic E-state index is 0.0150. The number of nitrogens with zero attached hydrogens (tertiary/aromatic N) is 7. The van der Waals surface area contributed by atoms with E-state index in [0.717, 1.165) is 107 Å². The molecule has 16 heteroatoms. The van der Waals surface area contributed by atoms with Gasteiger partial charge in [-0.2, -0.15) is 10.1 Å². The van der Waals surface area contributed by atoms with Crippen molar-refractivity contribution in [1.82, 2.24) is 46.0 Å².